The van der Waals surface area contributed by atoms with Gasteiger partial charge in [0.05, 0.1) is 17.9 Å². The molecule has 1 atom stereocenters. The van der Waals surface area contributed by atoms with Crippen molar-refractivity contribution < 1.29 is 29.6 Å². The van der Waals surface area contributed by atoms with Gasteiger partial charge < -0.3 is 20.1 Å². The van der Waals surface area contributed by atoms with Crippen LogP contribution < -0.4 is 4.74 Å². The van der Waals surface area contributed by atoms with Gasteiger partial charge in [0, 0.05) is 0 Å². The predicted molar refractivity (Wildman–Crippen MR) is 121 cm³/mol. The highest BCUT2D eigenvalue weighted by Gasteiger charge is 2.26. The van der Waals surface area contributed by atoms with Crippen LogP contribution >= 0.6 is 0 Å². The van der Waals surface area contributed by atoms with Gasteiger partial charge in [-0.25, -0.2) is 9.59 Å². The molecule has 0 aliphatic heterocycles. The summed E-state index contributed by atoms with van der Waals surface area (Å²) in [5, 5.41) is 30.8. The molecule has 0 spiro atoms. The van der Waals surface area contributed by atoms with E-state index in [0.717, 1.165) is 5.56 Å². The summed E-state index contributed by atoms with van der Waals surface area (Å²) in [6, 6.07) is 17.1. The van der Waals surface area contributed by atoms with Crippen LogP contribution in [0.1, 0.15) is 50.7 Å². The van der Waals surface area contributed by atoms with E-state index >= 15 is 0 Å². The van der Waals surface area contributed by atoms with E-state index in [2.05, 4.69) is 4.98 Å². The number of aryl methyl sites for hydroxylation is 1. The SMILES string of the molecule is CCOc1nc2c(C)ccc(C(O)c3ccc(-c4ccccc4)c(C(=O)O)c3)n2c1C(=O)O. The Morgan fingerprint density at radius 3 is 2.39 bits per heavy atom. The lowest BCUT2D eigenvalue weighted by molar-refractivity contribution is 0.0678. The lowest BCUT2D eigenvalue weighted by atomic mass is 9.95. The quantitative estimate of drug-likeness (QED) is 0.389. The highest BCUT2D eigenvalue weighted by Crippen LogP contribution is 2.32. The number of aliphatic hydroxyl groups excluding tert-OH is 1. The highest BCUT2D eigenvalue weighted by atomic mass is 16.5. The molecule has 8 heteroatoms. The second-order valence-electron chi connectivity index (χ2n) is 7.48. The van der Waals surface area contributed by atoms with Crippen molar-refractivity contribution in [2.24, 2.45) is 0 Å². The van der Waals surface area contributed by atoms with E-state index in [4.69, 9.17) is 4.74 Å². The smallest absolute Gasteiger partial charge is 0.358 e. The van der Waals surface area contributed by atoms with Gasteiger partial charge in [-0.05, 0) is 48.2 Å². The molecular formula is C25H22N2O6. The maximum atomic E-state index is 12.0. The standard InChI is InChI=1S/C25H22N2O6/c1-3-33-23-20(25(31)32)27-19(12-9-14(2)22(27)26-23)21(28)16-10-11-17(18(13-16)24(29)30)15-7-5-4-6-8-15/h4-13,21,28H,3H2,1-2H3,(H,29,30)(H,31,32). The second-order valence-corrected chi connectivity index (χ2v) is 7.48. The van der Waals surface area contributed by atoms with Crippen LogP contribution in [-0.2, 0) is 0 Å². The average molecular weight is 446 g/mol. The molecule has 2 heterocycles. The van der Waals surface area contributed by atoms with E-state index in [1.807, 2.05) is 18.2 Å². The minimum atomic E-state index is -1.31. The van der Waals surface area contributed by atoms with Gasteiger partial charge in [-0.15, -0.1) is 0 Å². The van der Waals surface area contributed by atoms with Gasteiger partial charge in [-0.2, -0.15) is 4.98 Å². The molecule has 0 radical (unpaired) electrons. The van der Waals surface area contributed by atoms with E-state index in [1.165, 1.54) is 10.5 Å². The van der Waals surface area contributed by atoms with Crippen LogP contribution in [0.25, 0.3) is 16.8 Å². The Bertz CT molecular complexity index is 1360. The van der Waals surface area contributed by atoms with Crippen LogP contribution in [0.3, 0.4) is 0 Å². The summed E-state index contributed by atoms with van der Waals surface area (Å²) in [6.07, 6.45) is -1.31. The Balaban J connectivity index is 1.89. The van der Waals surface area contributed by atoms with E-state index in [0.29, 0.717) is 22.3 Å². The Hall–Kier alpha value is -4.17. The number of pyridine rings is 1. The molecule has 4 rings (SSSR count). The summed E-state index contributed by atoms with van der Waals surface area (Å²) in [6.45, 7) is 3.72. The number of carboxylic acids is 2. The van der Waals surface area contributed by atoms with Gasteiger partial charge in [0.15, 0.2) is 5.69 Å². The lowest BCUT2D eigenvalue weighted by Gasteiger charge is -2.17. The van der Waals surface area contributed by atoms with Gasteiger partial charge in [0.2, 0.25) is 5.88 Å². The zero-order valence-electron chi connectivity index (χ0n) is 18.0. The molecule has 0 saturated carbocycles. The van der Waals surface area contributed by atoms with Crippen molar-refractivity contribution in [3.05, 3.63) is 88.7 Å². The lowest BCUT2D eigenvalue weighted by Crippen LogP contribution is -2.13. The third-order valence-electron chi connectivity index (χ3n) is 5.40. The molecule has 2 aromatic heterocycles. The van der Waals surface area contributed by atoms with Gasteiger partial charge in [0.25, 0.3) is 0 Å². The van der Waals surface area contributed by atoms with Crippen molar-refractivity contribution in [1.82, 2.24) is 9.38 Å². The van der Waals surface area contributed by atoms with Gasteiger partial charge in [0.1, 0.15) is 11.8 Å². The number of aromatic carboxylic acids is 2. The summed E-state index contributed by atoms with van der Waals surface area (Å²) >= 11 is 0. The van der Waals surface area contributed by atoms with E-state index in [1.54, 1.807) is 50.2 Å². The number of fused-ring (bicyclic) bond motifs is 1. The number of aliphatic hydroxyl groups is 1. The summed E-state index contributed by atoms with van der Waals surface area (Å²) in [4.78, 5) is 28.3. The molecule has 0 fully saturated rings. The fourth-order valence-corrected chi connectivity index (χ4v) is 3.86. The molecule has 0 saturated heterocycles. The van der Waals surface area contributed by atoms with Crippen LogP contribution in [0.2, 0.25) is 0 Å². The van der Waals surface area contributed by atoms with E-state index < -0.39 is 18.0 Å². The molecule has 2 aromatic carbocycles. The number of carboxylic acid groups (broad SMARTS) is 2. The fraction of sp³-hybridized carbons (Fsp3) is 0.160. The number of hydrogen-bond donors (Lipinski definition) is 3. The van der Waals surface area contributed by atoms with Crippen LogP contribution in [0, 0.1) is 6.92 Å². The number of rotatable bonds is 7. The summed E-state index contributed by atoms with van der Waals surface area (Å²) in [7, 11) is 0. The number of carbonyl (C=O) groups is 2. The molecular weight excluding hydrogens is 424 g/mol. The number of aromatic nitrogens is 2. The maximum Gasteiger partial charge on any atom is 0.358 e. The van der Waals surface area contributed by atoms with E-state index in [9.17, 15) is 24.9 Å². The van der Waals surface area contributed by atoms with Crippen LogP contribution in [0.15, 0.2) is 60.7 Å². The number of benzene rings is 2. The minimum Gasteiger partial charge on any atom is -0.478 e. The first-order valence-corrected chi connectivity index (χ1v) is 10.3. The van der Waals surface area contributed by atoms with Crippen molar-refractivity contribution in [2.75, 3.05) is 6.61 Å². The Labute approximate surface area is 189 Å². The second kappa shape index (κ2) is 8.76. The molecule has 0 aliphatic rings. The molecule has 33 heavy (non-hydrogen) atoms. The van der Waals surface area contributed by atoms with Gasteiger partial charge >= 0.3 is 11.9 Å². The Kier molecular flexibility index (Phi) is 5.85. The van der Waals surface area contributed by atoms with E-state index in [-0.39, 0.29) is 29.4 Å². The zero-order chi connectivity index (χ0) is 23.7. The minimum absolute atomic E-state index is 0.0280. The molecule has 168 valence electrons. The van der Waals surface area contributed by atoms with Gasteiger partial charge in [-0.3, -0.25) is 4.40 Å². The molecule has 3 N–H and O–H groups in total. The largest absolute Gasteiger partial charge is 0.478 e. The normalized spacial score (nSPS) is 12.0. The average Bonchev–Trinajstić information content (AvgIpc) is 3.19. The van der Waals surface area contributed by atoms with Gasteiger partial charge in [-0.1, -0.05) is 48.5 Å². The predicted octanol–water partition coefficient (Wildman–Crippen LogP) is 4.19. The molecule has 0 aliphatic carbocycles. The molecule has 0 bridgehead atoms. The summed E-state index contributed by atoms with van der Waals surface area (Å²) in [5.74, 6) is -2.43. The van der Waals surface area contributed by atoms with Crippen LogP contribution in [-0.4, -0.2) is 43.2 Å². The summed E-state index contributed by atoms with van der Waals surface area (Å²) < 4.78 is 6.77. The van der Waals surface area contributed by atoms with Crippen molar-refractivity contribution in [1.29, 1.82) is 0 Å². The van der Waals surface area contributed by atoms with Crippen molar-refractivity contribution >= 4 is 17.6 Å². The third-order valence-corrected chi connectivity index (χ3v) is 5.40. The number of imidazole rings is 1. The molecule has 4 aromatic rings. The fourth-order valence-electron chi connectivity index (χ4n) is 3.86. The van der Waals surface area contributed by atoms with Crippen molar-refractivity contribution in [3.8, 4) is 17.0 Å². The van der Waals surface area contributed by atoms with Crippen LogP contribution in [0.5, 0.6) is 5.88 Å². The summed E-state index contributed by atoms with van der Waals surface area (Å²) in [5.41, 5.74) is 2.65. The zero-order valence-corrected chi connectivity index (χ0v) is 18.0. The number of hydrogen-bond acceptors (Lipinski definition) is 5. The number of ether oxygens (including phenoxy) is 1. The monoisotopic (exact) mass is 446 g/mol. The van der Waals surface area contributed by atoms with Crippen LogP contribution in [0.4, 0.5) is 0 Å². The third kappa shape index (κ3) is 3.92. The maximum absolute atomic E-state index is 12.0. The number of nitrogens with zero attached hydrogens (tertiary/aromatic N) is 2. The first-order valence-electron chi connectivity index (χ1n) is 10.3. The topological polar surface area (TPSA) is 121 Å². The Morgan fingerprint density at radius 1 is 1.03 bits per heavy atom. The molecule has 8 nitrogen and oxygen atoms in total. The first kappa shape index (κ1) is 22.0. The molecule has 1 unspecified atom stereocenters. The molecule has 0 amide bonds. The Morgan fingerprint density at radius 2 is 1.76 bits per heavy atom. The van der Waals surface area contributed by atoms with Crippen molar-refractivity contribution in [3.63, 3.8) is 0 Å². The highest BCUT2D eigenvalue weighted by molar-refractivity contribution is 5.96. The first-order chi connectivity index (χ1) is 15.8. The van der Waals surface area contributed by atoms with Crippen molar-refractivity contribution in [2.45, 2.75) is 20.0 Å².